The van der Waals surface area contributed by atoms with Gasteiger partial charge in [0.15, 0.2) is 0 Å². The molecule has 0 spiro atoms. The first-order valence-electron chi connectivity index (χ1n) is 4.99. The van der Waals surface area contributed by atoms with Crippen LogP contribution in [-0.2, 0) is 0 Å². The Balaban J connectivity index is 2.56. The van der Waals surface area contributed by atoms with Gasteiger partial charge in [0.1, 0.15) is 0 Å². The molecule has 0 saturated heterocycles. The van der Waals surface area contributed by atoms with Crippen molar-refractivity contribution in [2.45, 2.75) is 32.1 Å². The van der Waals surface area contributed by atoms with Gasteiger partial charge in [0.05, 0.1) is 6.67 Å². The summed E-state index contributed by atoms with van der Waals surface area (Å²) in [6, 6.07) is 10.4. The molecule has 0 heterocycles. The quantitative estimate of drug-likeness (QED) is 0.644. The van der Waals surface area contributed by atoms with Crippen LogP contribution in [0.25, 0.3) is 0 Å². The predicted molar refractivity (Wildman–Crippen MR) is 54.7 cm³/mol. The molecule has 1 aromatic rings. The van der Waals surface area contributed by atoms with Crippen LogP contribution < -0.4 is 0 Å². The van der Waals surface area contributed by atoms with Crippen molar-refractivity contribution in [3.05, 3.63) is 35.9 Å². The molecule has 0 aromatic heterocycles. The van der Waals surface area contributed by atoms with E-state index in [-0.39, 0.29) is 6.67 Å². The van der Waals surface area contributed by atoms with E-state index in [2.05, 4.69) is 19.1 Å². The van der Waals surface area contributed by atoms with Gasteiger partial charge in [-0.05, 0) is 30.7 Å². The Labute approximate surface area is 79.8 Å². The Bertz CT molecular complexity index is 218. The summed E-state index contributed by atoms with van der Waals surface area (Å²) < 4.78 is 12.0. The summed E-state index contributed by atoms with van der Waals surface area (Å²) >= 11 is 0. The first-order valence-corrected chi connectivity index (χ1v) is 4.99. The maximum absolute atomic E-state index is 12.0. The van der Waals surface area contributed by atoms with Crippen LogP contribution >= 0.6 is 0 Å². The molecule has 0 aliphatic rings. The number of rotatable bonds is 5. The molecule has 1 aromatic carbocycles. The minimum atomic E-state index is -0.191. The molecular formula is C12H17F. The topological polar surface area (TPSA) is 0 Å². The third-order valence-corrected chi connectivity index (χ3v) is 2.45. The lowest BCUT2D eigenvalue weighted by Crippen LogP contribution is -1.97. The van der Waals surface area contributed by atoms with Gasteiger partial charge in [-0.15, -0.1) is 0 Å². The second-order valence-corrected chi connectivity index (χ2v) is 3.35. The van der Waals surface area contributed by atoms with E-state index in [1.807, 2.05) is 18.2 Å². The van der Waals surface area contributed by atoms with Gasteiger partial charge in [0.2, 0.25) is 0 Å². The molecule has 1 rings (SSSR count). The molecule has 72 valence electrons. The molecule has 1 heteroatoms. The number of hydrogen-bond acceptors (Lipinski definition) is 0. The van der Waals surface area contributed by atoms with Gasteiger partial charge >= 0.3 is 0 Å². The highest BCUT2D eigenvalue weighted by molar-refractivity contribution is 5.19. The van der Waals surface area contributed by atoms with Crippen molar-refractivity contribution in [3.63, 3.8) is 0 Å². The standard InChI is InChI=1S/C12H17F/c1-2-11(9-6-10-13)12-7-4-3-5-8-12/h3-5,7-8,11H,2,6,9-10H2,1H3. The molecule has 13 heavy (non-hydrogen) atoms. The molecule has 0 amide bonds. The van der Waals surface area contributed by atoms with E-state index in [9.17, 15) is 4.39 Å². The fourth-order valence-corrected chi connectivity index (χ4v) is 1.66. The number of alkyl halides is 1. The smallest absolute Gasteiger partial charge is 0.0894 e. The highest BCUT2D eigenvalue weighted by Crippen LogP contribution is 2.24. The van der Waals surface area contributed by atoms with Crippen LogP contribution in [0, 0.1) is 0 Å². The first kappa shape index (κ1) is 10.2. The van der Waals surface area contributed by atoms with Crippen molar-refractivity contribution >= 4 is 0 Å². The summed E-state index contributed by atoms with van der Waals surface area (Å²) in [5.74, 6) is 0.539. The highest BCUT2D eigenvalue weighted by Gasteiger charge is 2.07. The van der Waals surface area contributed by atoms with Gasteiger partial charge in [0.25, 0.3) is 0 Å². The SMILES string of the molecule is CCC(CCCF)c1ccccc1. The molecule has 0 N–H and O–H groups in total. The number of benzene rings is 1. The Kier molecular flexibility index (Phi) is 4.52. The van der Waals surface area contributed by atoms with Crippen LogP contribution in [0.2, 0.25) is 0 Å². The fraction of sp³-hybridized carbons (Fsp3) is 0.500. The summed E-state index contributed by atoms with van der Waals surface area (Å²) in [6.07, 6.45) is 2.76. The van der Waals surface area contributed by atoms with Crippen LogP contribution in [0.3, 0.4) is 0 Å². The average molecular weight is 180 g/mol. The van der Waals surface area contributed by atoms with Gasteiger partial charge in [-0.25, -0.2) is 0 Å². The van der Waals surface area contributed by atoms with E-state index >= 15 is 0 Å². The molecule has 0 bridgehead atoms. The van der Waals surface area contributed by atoms with Crippen molar-refractivity contribution in [2.75, 3.05) is 6.67 Å². The van der Waals surface area contributed by atoms with Gasteiger partial charge in [-0.2, -0.15) is 0 Å². The van der Waals surface area contributed by atoms with Crippen molar-refractivity contribution in [2.24, 2.45) is 0 Å². The fourth-order valence-electron chi connectivity index (χ4n) is 1.66. The second-order valence-electron chi connectivity index (χ2n) is 3.35. The van der Waals surface area contributed by atoms with Crippen molar-refractivity contribution in [1.82, 2.24) is 0 Å². The predicted octanol–water partition coefficient (Wildman–Crippen LogP) is 3.93. The molecule has 0 fully saturated rings. The van der Waals surface area contributed by atoms with E-state index in [4.69, 9.17) is 0 Å². The van der Waals surface area contributed by atoms with Crippen molar-refractivity contribution in [3.8, 4) is 0 Å². The highest BCUT2D eigenvalue weighted by atomic mass is 19.1. The summed E-state index contributed by atoms with van der Waals surface area (Å²) in [6.45, 7) is 1.97. The molecule has 1 atom stereocenters. The summed E-state index contributed by atoms with van der Waals surface area (Å²) in [5, 5.41) is 0. The van der Waals surface area contributed by atoms with Crippen molar-refractivity contribution < 1.29 is 4.39 Å². The Morgan fingerprint density at radius 3 is 2.46 bits per heavy atom. The molecule has 0 saturated carbocycles. The van der Waals surface area contributed by atoms with Crippen LogP contribution in [0.1, 0.15) is 37.7 Å². The monoisotopic (exact) mass is 180 g/mol. The third kappa shape index (κ3) is 3.17. The van der Waals surface area contributed by atoms with E-state index in [0.717, 1.165) is 12.8 Å². The maximum atomic E-state index is 12.0. The Morgan fingerprint density at radius 2 is 1.92 bits per heavy atom. The van der Waals surface area contributed by atoms with E-state index in [1.165, 1.54) is 5.56 Å². The molecule has 1 unspecified atom stereocenters. The maximum Gasteiger partial charge on any atom is 0.0894 e. The van der Waals surface area contributed by atoms with Gasteiger partial charge in [0, 0.05) is 0 Å². The van der Waals surface area contributed by atoms with E-state index < -0.39 is 0 Å². The van der Waals surface area contributed by atoms with E-state index in [1.54, 1.807) is 0 Å². The van der Waals surface area contributed by atoms with Gasteiger partial charge < -0.3 is 0 Å². The number of halogens is 1. The lowest BCUT2D eigenvalue weighted by Gasteiger charge is -2.13. The zero-order valence-electron chi connectivity index (χ0n) is 8.17. The minimum Gasteiger partial charge on any atom is -0.251 e. The molecule has 0 radical (unpaired) electrons. The summed E-state index contributed by atoms with van der Waals surface area (Å²) in [7, 11) is 0. The van der Waals surface area contributed by atoms with Crippen LogP contribution in [0.4, 0.5) is 4.39 Å². The largest absolute Gasteiger partial charge is 0.251 e. The van der Waals surface area contributed by atoms with Crippen LogP contribution in [0.5, 0.6) is 0 Å². The number of hydrogen-bond donors (Lipinski definition) is 0. The second kappa shape index (κ2) is 5.74. The zero-order valence-corrected chi connectivity index (χ0v) is 8.17. The average Bonchev–Trinajstić information content (AvgIpc) is 2.21. The van der Waals surface area contributed by atoms with E-state index in [0.29, 0.717) is 12.3 Å². The third-order valence-electron chi connectivity index (χ3n) is 2.45. The summed E-state index contributed by atoms with van der Waals surface area (Å²) in [5.41, 5.74) is 1.35. The molecule has 0 aliphatic carbocycles. The molecule has 0 aliphatic heterocycles. The Hall–Kier alpha value is -0.850. The summed E-state index contributed by atoms with van der Waals surface area (Å²) in [4.78, 5) is 0. The zero-order chi connectivity index (χ0) is 9.52. The normalized spacial score (nSPS) is 12.8. The van der Waals surface area contributed by atoms with Crippen molar-refractivity contribution in [1.29, 1.82) is 0 Å². The van der Waals surface area contributed by atoms with Gasteiger partial charge in [-0.1, -0.05) is 37.3 Å². The van der Waals surface area contributed by atoms with Crippen LogP contribution in [-0.4, -0.2) is 6.67 Å². The molecule has 0 nitrogen and oxygen atoms in total. The minimum absolute atomic E-state index is 0.191. The molecular weight excluding hydrogens is 163 g/mol. The Morgan fingerprint density at radius 1 is 1.23 bits per heavy atom. The van der Waals surface area contributed by atoms with Crippen LogP contribution in [0.15, 0.2) is 30.3 Å². The first-order chi connectivity index (χ1) is 6.38. The van der Waals surface area contributed by atoms with Gasteiger partial charge in [-0.3, -0.25) is 4.39 Å². The lowest BCUT2D eigenvalue weighted by molar-refractivity contribution is 0.438. The lowest BCUT2D eigenvalue weighted by atomic mass is 9.92.